The van der Waals surface area contributed by atoms with Crippen molar-refractivity contribution in [3.63, 3.8) is 0 Å². The van der Waals surface area contributed by atoms with Crippen molar-refractivity contribution in [1.29, 1.82) is 0 Å². The van der Waals surface area contributed by atoms with Gasteiger partial charge in [0.15, 0.2) is 0 Å². The van der Waals surface area contributed by atoms with Crippen molar-refractivity contribution in [2.75, 3.05) is 13.7 Å². The molecule has 2 saturated carbocycles. The normalized spacial score (nSPS) is 33.9. The van der Waals surface area contributed by atoms with Gasteiger partial charge in [-0.05, 0) is 55.8 Å². The van der Waals surface area contributed by atoms with Crippen LogP contribution in [0.3, 0.4) is 0 Å². The summed E-state index contributed by atoms with van der Waals surface area (Å²) in [4.78, 5) is 11.0. The zero-order valence-electron chi connectivity index (χ0n) is 11.4. The zero-order chi connectivity index (χ0) is 13.0. The SMILES string of the molecule is COC(=O)CCCCCC1C2CCC(C2)C1CO. The second-order valence-electron chi connectivity index (χ2n) is 6.02. The summed E-state index contributed by atoms with van der Waals surface area (Å²) in [6, 6.07) is 0. The van der Waals surface area contributed by atoms with Crippen molar-refractivity contribution in [1.82, 2.24) is 0 Å². The van der Waals surface area contributed by atoms with Crippen LogP contribution in [0.15, 0.2) is 0 Å². The summed E-state index contributed by atoms with van der Waals surface area (Å²) in [6.07, 6.45) is 9.13. The third-order valence-corrected chi connectivity index (χ3v) is 5.13. The maximum absolute atomic E-state index is 11.0. The minimum atomic E-state index is -0.0943. The summed E-state index contributed by atoms with van der Waals surface area (Å²) >= 11 is 0. The molecule has 0 aliphatic heterocycles. The second-order valence-corrected chi connectivity index (χ2v) is 6.02. The van der Waals surface area contributed by atoms with Crippen LogP contribution in [-0.2, 0) is 9.53 Å². The van der Waals surface area contributed by atoms with Crippen LogP contribution in [0.4, 0.5) is 0 Å². The maximum atomic E-state index is 11.0. The van der Waals surface area contributed by atoms with Gasteiger partial charge in [0.25, 0.3) is 0 Å². The molecule has 3 heteroatoms. The van der Waals surface area contributed by atoms with Gasteiger partial charge in [0.2, 0.25) is 0 Å². The fraction of sp³-hybridized carbons (Fsp3) is 0.933. The van der Waals surface area contributed by atoms with Crippen LogP contribution >= 0.6 is 0 Å². The average molecular weight is 254 g/mol. The molecular formula is C15H26O3. The number of fused-ring (bicyclic) bond motifs is 2. The minimum Gasteiger partial charge on any atom is -0.469 e. The van der Waals surface area contributed by atoms with E-state index in [0.29, 0.717) is 18.9 Å². The average Bonchev–Trinajstić information content (AvgIpc) is 2.98. The molecule has 0 saturated heterocycles. The Balaban J connectivity index is 1.63. The van der Waals surface area contributed by atoms with Gasteiger partial charge in [0.1, 0.15) is 0 Å². The molecule has 18 heavy (non-hydrogen) atoms. The Kier molecular flexibility index (Phi) is 5.04. The van der Waals surface area contributed by atoms with Gasteiger partial charge in [-0.1, -0.05) is 12.8 Å². The van der Waals surface area contributed by atoms with Crippen molar-refractivity contribution in [2.45, 2.75) is 51.4 Å². The molecular weight excluding hydrogens is 228 g/mol. The van der Waals surface area contributed by atoms with E-state index in [1.807, 2.05) is 0 Å². The molecule has 104 valence electrons. The fourth-order valence-corrected chi connectivity index (χ4v) is 4.19. The molecule has 2 fully saturated rings. The Bertz CT molecular complexity index is 277. The van der Waals surface area contributed by atoms with E-state index in [0.717, 1.165) is 30.6 Å². The number of methoxy groups -OCH3 is 1. The monoisotopic (exact) mass is 254 g/mol. The van der Waals surface area contributed by atoms with E-state index in [-0.39, 0.29) is 5.97 Å². The Morgan fingerprint density at radius 3 is 2.56 bits per heavy atom. The molecule has 0 heterocycles. The van der Waals surface area contributed by atoms with Crippen molar-refractivity contribution < 1.29 is 14.6 Å². The molecule has 4 unspecified atom stereocenters. The number of unbranched alkanes of at least 4 members (excludes halogenated alkanes) is 2. The number of rotatable bonds is 7. The Labute approximate surface area is 110 Å². The predicted octanol–water partition coefficient (Wildman–Crippen LogP) is 2.76. The molecule has 2 aliphatic rings. The smallest absolute Gasteiger partial charge is 0.305 e. The number of aliphatic hydroxyl groups excluding tert-OH is 1. The number of ether oxygens (including phenoxy) is 1. The fourth-order valence-electron chi connectivity index (χ4n) is 4.19. The molecule has 0 amide bonds. The first-order valence-electron chi connectivity index (χ1n) is 7.44. The highest BCUT2D eigenvalue weighted by Crippen LogP contribution is 2.53. The van der Waals surface area contributed by atoms with Crippen LogP contribution in [0.25, 0.3) is 0 Å². The Morgan fingerprint density at radius 2 is 1.89 bits per heavy atom. The lowest BCUT2D eigenvalue weighted by atomic mass is 9.77. The summed E-state index contributed by atoms with van der Waals surface area (Å²) in [5.74, 6) is 2.92. The van der Waals surface area contributed by atoms with Gasteiger partial charge in [-0.3, -0.25) is 4.79 Å². The number of hydrogen-bond acceptors (Lipinski definition) is 3. The lowest BCUT2D eigenvalue weighted by Gasteiger charge is -2.29. The van der Waals surface area contributed by atoms with Crippen molar-refractivity contribution >= 4 is 5.97 Å². The summed E-state index contributed by atoms with van der Waals surface area (Å²) in [5, 5.41) is 9.50. The summed E-state index contributed by atoms with van der Waals surface area (Å²) in [5.41, 5.74) is 0. The molecule has 0 aromatic carbocycles. The van der Waals surface area contributed by atoms with Crippen LogP contribution in [0, 0.1) is 23.7 Å². The first-order chi connectivity index (χ1) is 8.76. The van der Waals surface area contributed by atoms with E-state index in [4.69, 9.17) is 0 Å². The molecule has 3 nitrogen and oxygen atoms in total. The molecule has 4 atom stereocenters. The van der Waals surface area contributed by atoms with Gasteiger partial charge >= 0.3 is 5.97 Å². The molecule has 2 rings (SSSR count). The molecule has 0 radical (unpaired) electrons. The third-order valence-electron chi connectivity index (χ3n) is 5.13. The van der Waals surface area contributed by atoms with E-state index in [1.165, 1.54) is 39.2 Å². The molecule has 2 aliphatic carbocycles. The molecule has 1 N–H and O–H groups in total. The van der Waals surface area contributed by atoms with Crippen molar-refractivity contribution in [2.24, 2.45) is 23.7 Å². The standard InChI is InChI=1S/C15H26O3/c1-18-15(17)6-4-2-3-5-13-11-7-8-12(9-11)14(13)10-16/h11-14,16H,2-10H2,1H3. The third kappa shape index (κ3) is 3.05. The Hall–Kier alpha value is -0.570. The number of carbonyl (C=O) groups excluding carboxylic acids is 1. The lowest BCUT2D eigenvalue weighted by molar-refractivity contribution is -0.140. The zero-order valence-corrected chi connectivity index (χ0v) is 11.4. The largest absolute Gasteiger partial charge is 0.469 e. The van der Waals surface area contributed by atoms with Gasteiger partial charge in [0.05, 0.1) is 7.11 Å². The van der Waals surface area contributed by atoms with E-state index in [9.17, 15) is 9.90 Å². The highest BCUT2D eigenvalue weighted by molar-refractivity contribution is 5.68. The van der Waals surface area contributed by atoms with Crippen LogP contribution < -0.4 is 0 Å². The topological polar surface area (TPSA) is 46.5 Å². The van der Waals surface area contributed by atoms with Gasteiger partial charge in [0, 0.05) is 13.0 Å². The van der Waals surface area contributed by atoms with Crippen LogP contribution in [0.2, 0.25) is 0 Å². The Morgan fingerprint density at radius 1 is 1.17 bits per heavy atom. The predicted molar refractivity (Wildman–Crippen MR) is 70.0 cm³/mol. The van der Waals surface area contributed by atoms with Gasteiger partial charge < -0.3 is 9.84 Å². The number of esters is 1. The summed E-state index contributed by atoms with van der Waals surface area (Å²) in [6.45, 7) is 0.383. The van der Waals surface area contributed by atoms with Crippen LogP contribution in [0.1, 0.15) is 51.4 Å². The van der Waals surface area contributed by atoms with E-state index >= 15 is 0 Å². The van der Waals surface area contributed by atoms with Crippen LogP contribution in [-0.4, -0.2) is 24.8 Å². The van der Waals surface area contributed by atoms with Gasteiger partial charge in [-0.25, -0.2) is 0 Å². The number of hydrogen-bond donors (Lipinski definition) is 1. The van der Waals surface area contributed by atoms with Crippen LogP contribution in [0.5, 0.6) is 0 Å². The van der Waals surface area contributed by atoms with Gasteiger partial charge in [-0.15, -0.1) is 0 Å². The number of carbonyl (C=O) groups is 1. The van der Waals surface area contributed by atoms with E-state index in [2.05, 4.69) is 4.74 Å². The second kappa shape index (κ2) is 6.55. The first kappa shape index (κ1) is 13.9. The van der Waals surface area contributed by atoms with E-state index < -0.39 is 0 Å². The van der Waals surface area contributed by atoms with Gasteiger partial charge in [-0.2, -0.15) is 0 Å². The highest BCUT2D eigenvalue weighted by Gasteiger charge is 2.46. The number of aliphatic hydroxyl groups is 1. The minimum absolute atomic E-state index is 0.0943. The highest BCUT2D eigenvalue weighted by atomic mass is 16.5. The molecule has 0 aromatic heterocycles. The maximum Gasteiger partial charge on any atom is 0.305 e. The van der Waals surface area contributed by atoms with Crippen molar-refractivity contribution in [3.8, 4) is 0 Å². The first-order valence-corrected chi connectivity index (χ1v) is 7.44. The lowest BCUT2D eigenvalue weighted by Crippen LogP contribution is -2.25. The van der Waals surface area contributed by atoms with E-state index in [1.54, 1.807) is 0 Å². The molecule has 0 aromatic rings. The molecule has 2 bridgehead atoms. The van der Waals surface area contributed by atoms with Crippen molar-refractivity contribution in [3.05, 3.63) is 0 Å². The summed E-state index contributed by atoms with van der Waals surface area (Å²) in [7, 11) is 1.45. The quantitative estimate of drug-likeness (QED) is 0.561. The molecule has 0 spiro atoms. The summed E-state index contributed by atoms with van der Waals surface area (Å²) < 4.78 is 4.63.